The second-order valence-electron chi connectivity index (χ2n) is 6.07. The van der Waals surface area contributed by atoms with E-state index >= 15 is 0 Å². The van der Waals surface area contributed by atoms with Crippen molar-refractivity contribution >= 4 is 8.32 Å². The fourth-order valence-electron chi connectivity index (χ4n) is 1.34. The van der Waals surface area contributed by atoms with Crippen molar-refractivity contribution in [3.63, 3.8) is 0 Å². The van der Waals surface area contributed by atoms with E-state index < -0.39 is 8.32 Å². The first-order valence-electron chi connectivity index (χ1n) is 5.65. The molecule has 16 heavy (non-hydrogen) atoms. The molecule has 0 rings (SSSR count). The summed E-state index contributed by atoms with van der Waals surface area (Å²) in [5.41, 5.74) is -0.369. The maximum atomic E-state index is 6.32. The molecule has 0 unspecified atom stereocenters. The second-order valence-corrected chi connectivity index (χ2v) is 10.8. The van der Waals surface area contributed by atoms with Crippen LogP contribution < -0.4 is 0 Å². The molecule has 0 aliphatic rings. The molecule has 0 heterocycles. The largest absolute Gasteiger partial charge is 0.410 e. The quantitative estimate of drug-likeness (QED) is 0.533. The normalized spacial score (nSPS) is 13.0. The van der Waals surface area contributed by atoms with E-state index in [0.717, 1.165) is 0 Å². The maximum Gasteiger partial charge on any atom is 0.192 e. The average Bonchev–Trinajstić information content (AvgIpc) is 2.00. The van der Waals surface area contributed by atoms with Crippen LogP contribution in [0.2, 0.25) is 18.1 Å². The highest BCUT2D eigenvalue weighted by atomic mass is 28.4. The molecule has 0 saturated carbocycles. The van der Waals surface area contributed by atoms with Gasteiger partial charge in [0.05, 0.1) is 5.60 Å². The predicted octanol–water partition coefficient (Wildman–Crippen LogP) is 3.81. The van der Waals surface area contributed by atoms with Crippen LogP contribution in [-0.4, -0.2) is 13.9 Å². The Labute approximate surface area is 102 Å². The minimum absolute atomic E-state index is 0.178. The average molecular weight is 236 g/mol. The van der Waals surface area contributed by atoms with E-state index in [2.05, 4.69) is 45.7 Å². The van der Waals surface area contributed by atoms with Crippen LogP contribution in [0.25, 0.3) is 0 Å². The molecule has 0 spiro atoms. The van der Waals surface area contributed by atoms with E-state index in [1.54, 1.807) is 0 Å². The number of hydrogen-bond donors (Lipinski definition) is 0. The molecule has 0 radical (unpaired) electrons. The van der Waals surface area contributed by atoms with Crippen LogP contribution in [-0.2, 0) is 4.43 Å². The highest BCUT2D eigenvalue weighted by Gasteiger charge is 2.42. The second kappa shape index (κ2) is 5.08. The Bertz CT molecular complexity index is 293. The number of rotatable bonds is 4. The minimum atomic E-state index is -1.81. The molecule has 90 valence electrons. The molecule has 0 aromatic rings. The van der Waals surface area contributed by atoms with Gasteiger partial charge in [-0.05, 0) is 25.1 Å². The van der Waals surface area contributed by atoms with Crippen LogP contribution in [0, 0.1) is 24.7 Å². The third-order valence-electron chi connectivity index (χ3n) is 3.26. The van der Waals surface area contributed by atoms with Gasteiger partial charge in [-0.3, -0.25) is 0 Å². The van der Waals surface area contributed by atoms with Gasteiger partial charge in [0.25, 0.3) is 0 Å². The highest BCUT2D eigenvalue weighted by molar-refractivity contribution is 6.74. The first-order valence-corrected chi connectivity index (χ1v) is 8.56. The van der Waals surface area contributed by atoms with E-state index in [9.17, 15) is 0 Å². The molecule has 0 N–H and O–H groups in total. The maximum absolute atomic E-state index is 6.32. The number of terminal acetylenes is 2. The van der Waals surface area contributed by atoms with E-state index in [0.29, 0.717) is 12.8 Å². The fraction of sp³-hybridized carbons (Fsp3) is 0.714. The van der Waals surface area contributed by atoms with Crippen molar-refractivity contribution < 1.29 is 4.43 Å². The zero-order chi connectivity index (χ0) is 13.0. The van der Waals surface area contributed by atoms with Crippen LogP contribution >= 0.6 is 0 Å². The van der Waals surface area contributed by atoms with Crippen molar-refractivity contribution in [3.05, 3.63) is 0 Å². The third kappa shape index (κ3) is 4.04. The smallest absolute Gasteiger partial charge is 0.192 e. The van der Waals surface area contributed by atoms with Crippen molar-refractivity contribution in [2.75, 3.05) is 0 Å². The van der Waals surface area contributed by atoms with Crippen molar-refractivity contribution in [2.24, 2.45) is 0 Å². The van der Waals surface area contributed by atoms with Gasteiger partial charge in [-0.15, -0.1) is 24.7 Å². The first kappa shape index (κ1) is 15.3. The summed E-state index contributed by atoms with van der Waals surface area (Å²) in [5.74, 6) is 5.34. The van der Waals surface area contributed by atoms with Gasteiger partial charge in [0.1, 0.15) is 0 Å². The monoisotopic (exact) mass is 236 g/mol. The molecular formula is C14H24OSi. The Morgan fingerprint density at radius 3 is 1.62 bits per heavy atom. The van der Waals surface area contributed by atoms with Crippen LogP contribution in [0.3, 0.4) is 0 Å². The van der Waals surface area contributed by atoms with Crippen LogP contribution in [0.5, 0.6) is 0 Å². The molecule has 0 fully saturated rings. The lowest BCUT2D eigenvalue weighted by Crippen LogP contribution is -2.48. The van der Waals surface area contributed by atoms with Gasteiger partial charge < -0.3 is 4.43 Å². The van der Waals surface area contributed by atoms with Gasteiger partial charge >= 0.3 is 0 Å². The lowest BCUT2D eigenvalue weighted by atomic mass is 9.99. The Morgan fingerprint density at radius 1 is 1.00 bits per heavy atom. The van der Waals surface area contributed by atoms with Gasteiger partial charge in [0.2, 0.25) is 0 Å². The summed E-state index contributed by atoms with van der Waals surface area (Å²) in [5, 5.41) is 0.178. The molecule has 0 aliphatic heterocycles. The van der Waals surface area contributed by atoms with Crippen LogP contribution in [0.1, 0.15) is 40.5 Å². The van der Waals surface area contributed by atoms with Crippen molar-refractivity contribution in [1.82, 2.24) is 0 Å². The van der Waals surface area contributed by atoms with E-state index in [4.69, 9.17) is 17.3 Å². The lowest BCUT2D eigenvalue weighted by Gasteiger charge is -2.43. The molecule has 0 bridgehead atoms. The Balaban J connectivity index is 4.92. The predicted molar refractivity (Wildman–Crippen MR) is 73.6 cm³/mol. The van der Waals surface area contributed by atoms with Gasteiger partial charge in [-0.2, -0.15) is 0 Å². The van der Waals surface area contributed by atoms with Gasteiger partial charge in [0.15, 0.2) is 8.32 Å². The summed E-state index contributed by atoms with van der Waals surface area (Å²) < 4.78 is 6.32. The molecule has 0 aliphatic carbocycles. The Morgan fingerprint density at radius 2 is 1.38 bits per heavy atom. The molecule has 2 heteroatoms. The first-order chi connectivity index (χ1) is 7.08. The summed E-state index contributed by atoms with van der Waals surface area (Å²) in [6.07, 6.45) is 11.9. The molecule has 0 amide bonds. The summed E-state index contributed by atoms with van der Waals surface area (Å²) in [7, 11) is -1.81. The Kier molecular flexibility index (Phi) is 4.86. The third-order valence-corrected chi connectivity index (χ3v) is 7.88. The van der Waals surface area contributed by atoms with E-state index in [1.165, 1.54) is 0 Å². The zero-order valence-electron chi connectivity index (χ0n) is 11.5. The summed E-state index contributed by atoms with van der Waals surface area (Å²) >= 11 is 0. The van der Waals surface area contributed by atoms with Crippen molar-refractivity contribution in [2.45, 2.75) is 64.3 Å². The summed E-state index contributed by atoms with van der Waals surface area (Å²) in [6, 6.07) is 0. The molecule has 0 aromatic carbocycles. The molecule has 0 aromatic heterocycles. The zero-order valence-corrected chi connectivity index (χ0v) is 12.5. The minimum Gasteiger partial charge on any atom is -0.410 e. The highest BCUT2D eigenvalue weighted by Crippen LogP contribution is 2.40. The van der Waals surface area contributed by atoms with Gasteiger partial charge in [0, 0.05) is 12.8 Å². The van der Waals surface area contributed by atoms with E-state index in [-0.39, 0.29) is 10.6 Å². The lowest BCUT2D eigenvalue weighted by molar-refractivity contribution is 0.0826. The topological polar surface area (TPSA) is 9.23 Å². The molecule has 0 atom stereocenters. The molecular weight excluding hydrogens is 212 g/mol. The van der Waals surface area contributed by atoms with Crippen LogP contribution in [0.4, 0.5) is 0 Å². The van der Waals surface area contributed by atoms with Crippen molar-refractivity contribution in [3.8, 4) is 24.7 Å². The van der Waals surface area contributed by atoms with Crippen molar-refractivity contribution in [1.29, 1.82) is 0 Å². The molecule has 0 saturated heterocycles. The van der Waals surface area contributed by atoms with Gasteiger partial charge in [-0.1, -0.05) is 20.8 Å². The summed E-state index contributed by atoms with van der Waals surface area (Å²) in [6.45, 7) is 13.1. The van der Waals surface area contributed by atoms with Gasteiger partial charge in [-0.25, -0.2) is 0 Å². The Hall–Kier alpha value is -0.703. The standard InChI is InChI=1S/C14H24OSi/c1-9-11-14(6,12-10-2)15-16(7,8)13(3,4)5/h1-2H,11-12H2,3-8H3. The SMILES string of the molecule is C#CCC(C)(CC#C)O[Si](C)(C)C(C)(C)C. The van der Waals surface area contributed by atoms with Crippen LogP contribution in [0.15, 0.2) is 0 Å². The number of hydrogen-bond acceptors (Lipinski definition) is 1. The molecule has 1 nitrogen and oxygen atoms in total. The van der Waals surface area contributed by atoms with E-state index in [1.807, 2.05) is 6.92 Å². The fourth-order valence-corrected chi connectivity index (χ4v) is 3.02. The summed E-state index contributed by atoms with van der Waals surface area (Å²) in [4.78, 5) is 0.